The van der Waals surface area contributed by atoms with E-state index in [1.807, 2.05) is 11.4 Å². The van der Waals surface area contributed by atoms with Crippen molar-refractivity contribution in [1.82, 2.24) is 10.2 Å². The zero-order valence-corrected chi connectivity index (χ0v) is 14.2. The van der Waals surface area contributed by atoms with E-state index in [9.17, 15) is 14.7 Å². The number of carbonyl (C=O) groups excluding carboxylic acids is 2. The van der Waals surface area contributed by atoms with E-state index >= 15 is 0 Å². The van der Waals surface area contributed by atoms with Gasteiger partial charge < -0.3 is 19.9 Å². The van der Waals surface area contributed by atoms with Gasteiger partial charge in [-0.15, -0.1) is 11.3 Å². The van der Waals surface area contributed by atoms with E-state index in [4.69, 9.17) is 9.47 Å². The highest BCUT2D eigenvalue weighted by molar-refractivity contribution is 7.10. The van der Waals surface area contributed by atoms with Crippen molar-refractivity contribution in [2.45, 2.75) is 18.6 Å². The predicted octanol–water partition coefficient (Wildman–Crippen LogP) is 1.98. The van der Waals surface area contributed by atoms with Crippen LogP contribution in [0, 0.1) is 0 Å². The molecule has 2 atom stereocenters. The highest BCUT2D eigenvalue weighted by Gasteiger charge is 2.50. The molecule has 1 aromatic carbocycles. The van der Waals surface area contributed by atoms with Crippen LogP contribution in [0.25, 0.3) is 0 Å². The van der Waals surface area contributed by atoms with Gasteiger partial charge in [0.05, 0.1) is 12.6 Å². The molecule has 3 heterocycles. The van der Waals surface area contributed by atoms with Gasteiger partial charge in [0.25, 0.3) is 5.91 Å². The van der Waals surface area contributed by atoms with E-state index in [0.29, 0.717) is 17.1 Å². The van der Waals surface area contributed by atoms with Crippen molar-refractivity contribution >= 4 is 23.3 Å². The molecular weight excluding hydrogens is 344 g/mol. The number of urea groups is 1. The topological polar surface area (TPSA) is 88.1 Å². The summed E-state index contributed by atoms with van der Waals surface area (Å²) in [5.41, 5.74) is -0.547. The predicted molar refractivity (Wildman–Crippen MR) is 89.4 cm³/mol. The summed E-state index contributed by atoms with van der Waals surface area (Å²) < 4.78 is 10.5. The van der Waals surface area contributed by atoms with Crippen LogP contribution in [0.3, 0.4) is 0 Å². The Balaban J connectivity index is 1.54. The lowest BCUT2D eigenvalue weighted by molar-refractivity contribution is -0.132. The molecule has 7 nitrogen and oxygen atoms in total. The van der Waals surface area contributed by atoms with E-state index in [-0.39, 0.29) is 19.2 Å². The lowest BCUT2D eigenvalue weighted by atomic mass is 10.0. The molecule has 0 saturated carbocycles. The number of rotatable bonds is 4. The zero-order valence-electron chi connectivity index (χ0n) is 13.4. The number of β-amino-alcohol motifs (C(OH)–C–C–N with tert-alkyl or cyclic N) is 1. The minimum atomic E-state index is -1.10. The summed E-state index contributed by atoms with van der Waals surface area (Å²) in [6.07, 6.45) is -1.02. The molecule has 2 aromatic rings. The molecule has 0 unspecified atom stereocenters. The molecule has 1 fully saturated rings. The highest BCUT2D eigenvalue weighted by atomic mass is 32.1. The number of aliphatic hydroxyl groups is 1. The molecule has 1 saturated heterocycles. The first-order valence-electron chi connectivity index (χ1n) is 7.75. The summed E-state index contributed by atoms with van der Waals surface area (Å²) in [6, 6.07) is 8.16. The van der Waals surface area contributed by atoms with Crippen molar-refractivity contribution < 1.29 is 24.2 Å². The summed E-state index contributed by atoms with van der Waals surface area (Å²) in [7, 11) is 0. The molecule has 2 N–H and O–H groups in total. The maximum absolute atomic E-state index is 12.8. The van der Waals surface area contributed by atoms with Crippen LogP contribution in [0.15, 0.2) is 35.7 Å². The molecule has 130 valence electrons. The van der Waals surface area contributed by atoms with Gasteiger partial charge in [-0.1, -0.05) is 12.1 Å². The highest BCUT2D eigenvalue weighted by Crippen LogP contribution is 2.36. The molecule has 0 aliphatic carbocycles. The van der Waals surface area contributed by atoms with Gasteiger partial charge in [-0.25, -0.2) is 4.79 Å². The molecule has 2 aliphatic rings. The third kappa shape index (κ3) is 2.54. The minimum absolute atomic E-state index is 0.134. The molecule has 8 heteroatoms. The van der Waals surface area contributed by atoms with Crippen LogP contribution in [0.4, 0.5) is 4.79 Å². The molecule has 0 bridgehead atoms. The standard InChI is InChI=1S/C17H16N2O5S/c1-17(14-3-2-6-25-14)15(21)19(16(22)18-17)8-11(20)10-4-5-12-13(7-10)24-9-23-12/h2-7,11,20H,8-9H2,1H3,(H,18,22)/t11-,17-/m0/s1. The van der Waals surface area contributed by atoms with E-state index in [1.165, 1.54) is 11.3 Å². The Hall–Kier alpha value is -2.58. The zero-order chi connectivity index (χ0) is 17.6. The third-order valence-corrected chi connectivity index (χ3v) is 5.52. The number of fused-ring (bicyclic) bond motifs is 1. The van der Waals surface area contributed by atoms with Crippen molar-refractivity contribution in [3.8, 4) is 11.5 Å². The minimum Gasteiger partial charge on any atom is -0.454 e. The maximum atomic E-state index is 12.8. The van der Waals surface area contributed by atoms with Crippen LogP contribution in [0.2, 0.25) is 0 Å². The first kappa shape index (κ1) is 15.9. The summed E-state index contributed by atoms with van der Waals surface area (Å²) in [5.74, 6) is 0.771. The van der Waals surface area contributed by atoms with Gasteiger partial charge in [-0.2, -0.15) is 0 Å². The van der Waals surface area contributed by atoms with Gasteiger partial charge in [-0.3, -0.25) is 9.69 Å². The Morgan fingerprint density at radius 2 is 2.12 bits per heavy atom. The summed E-state index contributed by atoms with van der Waals surface area (Å²) >= 11 is 1.40. The Morgan fingerprint density at radius 3 is 2.88 bits per heavy atom. The van der Waals surface area contributed by atoms with Crippen LogP contribution < -0.4 is 14.8 Å². The van der Waals surface area contributed by atoms with E-state index in [1.54, 1.807) is 31.2 Å². The Bertz CT molecular complexity index is 838. The van der Waals surface area contributed by atoms with Crippen LogP contribution in [-0.2, 0) is 10.3 Å². The summed E-state index contributed by atoms with van der Waals surface area (Å²) in [5, 5.41) is 15.1. The second-order valence-corrected chi connectivity index (χ2v) is 7.02. The third-order valence-electron chi connectivity index (χ3n) is 4.43. The summed E-state index contributed by atoms with van der Waals surface area (Å²) in [4.78, 5) is 26.9. The fraction of sp³-hybridized carbons (Fsp3) is 0.294. The van der Waals surface area contributed by atoms with Crippen molar-refractivity contribution in [3.05, 3.63) is 46.2 Å². The van der Waals surface area contributed by atoms with Gasteiger partial charge in [-0.05, 0) is 36.1 Å². The lowest BCUT2D eigenvalue weighted by Crippen LogP contribution is -2.40. The number of carbonyl (C=O) groups is 2. The molecular formula is C17H16N2O5S. The fourth-order valence-electron chi connectivity index (χ4n) is 2.99. The van der Waals surface area contributed by atoms with Crippen molar-refractivity contribution in [2.24, 2.45) is 0 Å². The van der Waals surface area contributed by atoms with Crippen LogP contribution >= 0.6 is 11.3 Å². The molecule has 2 aliphatic heterocycles. The van der Waals surface area contributed by atoms with E-state index in [0.717, 1.165) is 9.78 Å². The number of hydrogen-bond donors (Lipinski definition) is 2. The van der Waals surface area contributed by atoms with Gasteiger partial charge in [0.15, 0.2) is 17.0 Å². The average Bonchev–Trinajstić information content (AvgIpc) is 3.31. The second-order valence-electron chi connectivity index (χ2n) is 6.08. The number of benzene rings is 1. The quantitative estimate of drug-likeness (QED) is 0.814. The second kappa shape index (κ2) is 5.75. The number of nitrogens with zero attached hydrogens (tertiary/aromatic N) is 1. The van der Waals surface area contributed by atoms with Gasteiger partial charge in [0.2, 0.25) is 6.79 Å². The number of nitrogens with one attached hydrogen (secondary N) is 1. The SMILES string of the molecule is C[C@@]1(c2cccs2)NC(=O)N(C[C@H](O)c2ccc3c(c2)OCO3)C1=O. The molecule has 4 rings (SSSR count). The normalized spacial score (nSPS) is 23.0. The maximum Gasteiger partial charge on any atom is 0.325 e. The smallest absolute Gasteiger partial charge is 0.325 e. The number of amides is 3. The number of imide groups is 1. The number of ether oxygens (including phenoxy) is 2. The molecule has 25 heavy (non-hydrogen) atoms. The van der Waals surface area contributed by atoms with Gasteiger partial charge in [0.1, 0.15) is 0 Å². The van der Waals surface area contributed by atoms with Crippen molar-refractivity contribution in [3.63, 3.8) is 0 Å². The number of thiophene rings is 1. The number of hydrogen-bond acceptors (Lipinski definition) is 6. The molecule has 0 radical (unpaired) electrons. The number of aliphatic hydroxyl groups excluding tert-OH is 1. The fourth-order valence-corrected chi connectivity index (χ4v) is 3.83. The van der Waals surface area contributed by atoms with Gasteiger partial charge in [0, 0.05) is 4.88 Å². The lowest BCUT2D eigenvalue weighted by Gasteiger charge is -2.21. The van der Waals surface area contributed by atoms with E-state index < -0.39 is 17.7 Å². The molecule has 0 spiro atoms. The Labute approximate surface area is 147 Å². The first-order valence-corrected chi connectivity index (χ1v) is 8.63. The van der Waals surface area contributed by atoms with Crippen molar-refractivity contribution in [2.75, 3.05) is 13.3 Å². The largest absolute Gasteiger partial charge is 0.454 e. The van der Waals surface area contributed by atoms with Gasteiger partial charge >= 0.3 is 6.03 Å². The first-order chi connectivity index (χ1) is 12.0. The average molecular weight is 360 g/mol. The molecule has 3 amide bonds. The Kier molecular flexibility index (Phi) is 3.66. The Morgan fingerprint density at radius 1 is 1.32 bits per heavy atom. The molecule has 1 aromatic heterocycles. The van der Waals surface area contributed by atoms with Crippen LogP contribution in [0.5, 0.6) is 11.5 Å². The van der Waals surface area contributed by atoms with Crippen molar-refractivity contribution in [1.29, 1.82) is 0 Å². The summed E-state index contributed by atoms with van der Waals surface area (Å²) in [6.45, 7) is 1.68. The van der Waals surface area contributed by atoms with E-state index in [2.05, 4.69) is 5.32 Å². The monoisotopic (exact) mass is 360 g/mol. The van der Waals surface area contributed by atoms with Crippen LogP contribution in [-0.4, -0.2) is 35.3 Å². The van der Waals surface area contributed by atoms with Crippen LogP contribution in [0.1, 0.15) is 23.5 Å².